The van der Waals surface area contributed by atoms with Gasteiger partial charge in [0.2, 0.25) is 0 Å². The molecule has 2 aromatic carbocycles. The van der Waals surface area contributed by atoms with Crippen LogP contribution in [0.25, 0.3) is 0 Å². The molecule has 0 N–H and O–H groups in total. The summed E-state index contributed by atoms with van der Waals surface area (Å²) in [4.78, 5) is 28.8. The predicted molar refractivity (Wildman–Crippen MR) is 101 cm³/mol. The highest BCUT2D eigenvalue weighted by Crippen LogP contribution is 2.15. The number of nitrogens with zero attached hydrogens (tertiary/aromatic N) is 2. The van der Waals surface area contributed by atoms with Crippen LogP contribution in [0.15, 0.2) is 48.5 Å². The van der Waals surface area contributed by atoms with Crippen LogP contribution in [-0.4, -0.2) is 61.3 Å². The maximum absolute atomic E-state index is 12.5. The summed E-state index contributed by atoms with van der Waals surface area (Å²) >= 11 is 5.87. The normalized spacial score (nSPS) is 14.9. The molecule has 136 valence electrons. The summed E-state index contributed by atoms with van der Waals surface area (Å²) in [6.07, 6.45) is 0. The Morgan fingerprint density at radius 3 is 2.08 bits per heavy atom. The molecule has 1 fully saturated rings. The number of benzene rings is 2. The molecule has 0 unspecified atom stereocenters. The van der Waals surface area contributed by atoms with Crippen molar-refractivity contribution in [3.8, 4) is 5.75 Å². The Kier molecular flexibility index (Phi) is 5.91. The van der Waals surface area contributed by atoms with Gasteiger partial charge in [-0.05, 0) is 48.5 Å². The minimum Gasteiger partial charge on any atom is -0.497 e. The molecule has 1 saturated heterocycles. The fourth-order valence-corrected chi connectivity index (χ4v) is 3.08. The number of hydrogen-bond acceptors (Lipinski definition) is 4. The first-order chi connectivity index (χ1) is 12.6. The van der Waals surface area contributed by atoms with Gasteiger partial charge in [-0.3, -0.25) is 14.5 Å². The zero-order valence-corrected chi connectivity index (χ0v) is 15.4. The highest BCUT2D eigenvalue weighted by Gasteiger charge is 2.23. The van der Waals surface area contributed by atoms with Gasteiger partial charge in [-0.15, -0.1) is 0 Å². The van der Waals surface area contributed by atoms with E-state index >= 15 is 0 Å². The van der Waals surface area contributed by atoms with Gasteiger partial charge in [0.05, 0.1) is 13.7 Å². The Labute approximate surface area is 158 Å². The Morgan fingerprint density at radius 1 is 0.923 bits per heavy atom. The van der Waals surface area contributed by atoms with Crippen molar-refractivity contribution in [1.29, 1.82) is 0 Å². The third-order valence-corrected chi connectivity index (χ3v) is 4.78. The van der Waals surface area contributed by atoms with Crippen molar-refractivity contribution in [2.24, 2.45) is 0 Å². The minimum atomic E-state index is 0.00259. The standard InChI is InChI=1S/C20H21ClN2O3/c1-26-18-8-4-15(5-9-18)19(24)14-22-10-12-23(13-11-22)20(25)16-2-6-17(21)7-3-16/h2-9H,10-14H2,1H3. The van der Waals surface area contributed by atoms with Crippen LogP contribution in [0.3, 0.4) is 0 Å². The van der Waals surface area contributed by atoms with E-state index in [4.69, 9.17) is 16.3 Å². The second-order valence-electron chi connectivity index (χ2n) is 6.23. The van der Waals surface area contributed by atoms with Crippen molar-refractivity contribution in [3.63, 3.8) is 0 Å². The lowest BCUT2D eigenvalue weighted by atomic mass is 10.1. The SMILES string of the molecule is COc1ccc(C(=O)CN2CCN(C(=O)c3ccc(Cl)cc3)CC2)cc1. The molecule has 1 aliphatic heterocycles. The van der Waals surface area contributed by atoms with E-state index in [0.29, 0.717) is 48.9 Å². The molecule has 0 radical (unpaired) electrons. The molecule has 1 aliphatic rings. The van der Waals surface area contributed by atoms with E-state index in [9.17, 15) is 9.59 Å². The molecule has 0 saturated carbocycles. The lowest BCUT2D eigenvalue weighted by molar-refractivity contribution is 0.0624. The van der Waals surface area contributed by atoms with Crippen LogP contribution in [0.2, 0.25) is 5.02 Å². The number of amides is 1. The molecule has 0 aromatic heterocycles. The summed E-state index contributed by atoms with van der Waals surface area (Å²) in [6, 6.07) is 14.1. The number of halogens is 1. The van der Waals surface area contributed by atoms with Crippen molar-refractivity contribution in [2.75, 3.05) is 39.8 Å². The lowest BCUT2D eigenvalue weighted by Gasteiger charge is -2.34. The monoisotopic (exact) mass is 372 g/mol. The fraction of sp³-hybridized carbons (Fsp3) is 0.300. The van der Waals surface area contributed by atoms with E-state index in [-0.39, 0.29) is 11.7 Å². The topological polar surface area (TPSA) is 49.9 Å². The van der Waals surface area contributed by atoms with Crippen molar-refractivity contribution >= 4 is 23.3 Å². The number of ketones is 1. The molecule has 5 nitrogen and oxygen atoms in total. The van der Waals surface area contributed by atoms with Crippen molar-refractivity contribution in [1.82, 2.24) is 9.80 Å². The van der Waals surface area contributed by atoms with Gasteiger partial charge in [0.25, 0.3) is 5.91 Å². The first-order valence-corrected chi connectivity index (χ1v) is 8.89. The van der Waals surface area contributed by atoms with Crippen molar-refractivity contribution in [3.05, 3.63) is 64.7 Å². The number of rotatable bonds is 5. The number of Topliss-reactive ketones (excluding diaryl/α,β-unsaturated/α-hetero) is 1. The maximum Gasteiger partial charge on any atom is 0.253 e. The van der Waals surface area contributed by atoms with E-state index < -0.39 is 0 Å². The summed E-state index contributed by atoms with van der Waals surface area (Å²) in [5.41, 5.74) is 1.31. The van der Waals surface area contributed by atoms with Crippen LogP contribution < -0.4 is 4.74 Å². The molecular formula is C20H21ClN2O3. The van der Waals surface area contributed by atoms with E-state index in [1.54, 1.807) is 55.6 Å². The van der Waals surface area contributed by atoms with Crippen LogP contribution in [0.1, 0.15) is 20.7 Å². The van der Waals surface area contributed by atoms with Gasteiger partial charge in [0.15, 0.2) is 5.78 Å². The highest BCUT2D eigenvalue weighted by molar-refractivity contribution is 6.30. The van der Waals surface area contributed by atoms with E-state index in [2.05, 4.69) is 4.90 Å². The van der Waals surface area contributed by atoms with Crippen LogP contribution >= 0.6 is 11.6 Å². The number of carbonyl (C=O) groups excluding carboxylic acids is 2. The molecule has 0 atom stereocenters. The lowest BCUT2D eigenvalue weighted by Crippen LogP contribution is -2.49. The third-order valence-electron chi connectivity index (χ3n) is 4.53. The molecule has 3 rings (SSSR count). The van der Waals surface area contributed by atoms with Crippen molar-refractivity contribution < 1.29 is 14.3 Å². The fourth-order valence-electron chi connectivity index (χ4n) is 2.96. The molecule has 1 heterocycles. The Morgan fingerprint density at radius 2 is 1.50 bits per heavy atom. The van der Waals surface area contributed by atoms with E-state index in [0.717, 1.165) is 5.75 Å². The molecule has 0 aliphatic carbocycles. The predicted octanol–water partition coefficient (Wildman–Crippen LogP) is 2.99. The smallest absolute Gasteiger partial charge is 0.253 e. The summed E-state index contributed by atoms with van der Waals surface area (Å²) in [6.45, 7) is 2.94. The maximum atomic E-state index is 12.5. The van der Waals surface area contributed by atoms with Crippen LogP contribution in [0.4, 0.5) is 0 Å². The number of hydrogen-bond donors (Lipinski definition) is 0. The zero-order valence-electron chi connectivity index (χ0n) is 14.7. The van der Waals surface area contributed by atoms with Gasteiger partial charge >= 0.3 is 0 Å². The summed E-state index contributed by atoms with van der Waals surface area (Å²) < 4.78 is 5.11. The second-order valence-corrected chi connectivity index (χ2v) is 6.66. The average Bonchev–Trinajstić information content (AvgIpc) is 2.68. The van der Waals surface area contributed by atoms with E-state index in [1.165, 1.54) is 0 Å². The molecule has 2 aromatic rings. The number of piperazine rings is 1. The molecule has 26 heavy (non-hydrogen) atoms. The van der Waals surface area contributed by atoms with Gasteiger partial charge < -0.3 is 9.64 Å². The molecule has 6 heteroatoms. The summed E-state index contributed by atoms with van der Waals surface area (Å²) in [7, 11) is 1.60. The van der Waals surface area contributed by atoms with Crippen LogP contribution in [0, 0.1) is 0 Å². The van der Waals surface area contributed by atoms with Gasteiger partial charge in [0.1, 0.15) is 5.75 Å². The quantitative estimate of drug-likeness (QED) is 0.757. The van der Waals surface area contributed by atoms with Crippen LogP contribution in [-0.2, 0) is 0 Å². The number of ether oxygens (including phenoxy) is 1. The summed E-state index contributed by atoms with van der Waals surface area (Å²) in [5, 5.41) is 0.614. The Bertz CT molecular complexity index is 767. The summed E-state index contributed by atoms with van der Waals surface area (Å²) in [5.74, 6) is 0.809. The first-order valence-electron chi connectivity index (χ1n) is 8.51. The molecule has 0 spiro atoms. The average molecular weight is 373 g/mol. The molecule has 0 bridgehead atoms. The van der Waals surface area contributed by atoms with Gasteiger partial charge in [-0.1, -0.05) is 11.6 Å². The van der Waals surface area contributed by atoms with Gasteiger partial charge in [-0.2, -0.15) is 0 Å². The number of methoxy groups -OCH3 is 1. The second kappa shape index (κ2) is 8.34. The minimum absolute atomic E-state index is 0.00259. The number of carbonyl (C=O) groups is 2. The molecule has 1 amide bonds. The third kappa shape index (κ3) is 4.42. The highest BCUT2D eigenvalue weighted by atomic mass is 35.5. The Balaban J connectivity index is 1.52. The van der Waals surface area contributed by atoms with Gasteiger partial charge in [0, 0.05) is 42.3 Å². The largest absolute Gasteiger partial charge is 0.497 e. The van der Waals surface area contributed by atoms with Gasteiger partial charge in [-0.25, -0.2) is 0 Å². The van der Waals surface area contributed by atoms with E-state index in [1.807, 2.05) is 4.90 Å². The Hall–Kier alpha value is -2.37. The molecular weight excluding hydrogens is 352 g/mol. The van der Waals surface area contributed by atoms with Crippen LogP contribution in [0.5, 0.6) is 5.75 Å². The van der Waals surface area contributed by atoms with Crippen molar-refractivity contribution in [2.45, 2.75) is 0 Å². The first kappa shape index (κ1) is 18.4. The zero-order chi connectivity index (χ0) is 18.5.